The van der Waals surface area contributed by atoms with Crippen molar-refractivity contribution < 1.29 is 41.2 Å². The summed E-state index contributed by atoms with van der Waals surface area (Å²) in [6, 6.07) is 7.30. The molecule has 1 unspecified atom stereocenters. The fourth-order valence-corrected chi connectivity index (χ4v) is 4.69. The van der Waals surface area contributed by atoms with E-state index in [0.29, 0.717) is 32.0 Å². The quantitative estimate of drug-likeness (QED) is 0.345. The number of aliphatic hydroxyl groups is 1. The minimum atomic E-state index is -4.86. The van der Waals surface area contributed by atoms with Crippen molar-refractivity contribution in [3.8, 4) is 5.75 Å². The second kappa shape index (κ2) is 10.4. The molecule has 2 heterocycles. The molecule has 0 spiro atoms. The molecule has 1 aromatic heterocycles. The van der Waals surface area contributed by atoms with Crippen molar-refractivity contribution in [3.63, 3.8) is 0 Å². The number of hydrogen-bond donors (Lipinski definition) is 2. The van der Waals surface area contributed by atoms with Crippen molar-refractivity contribution in [3.05, 3.63) is 77.9 Å². The van der Waals surface area contributed by atoms with Gasteiger partial charge in [0.05, 0.1) is 6.54 Å². The largest absolute Gasteiger partial charge is 0.573 e. The molecule has 2 N–H and O–H groups in total. The Labute approximate surface area is 208 Å². The highest BCUT2D eigenvalue weighted by atomic mass is 19.4. The molecule has 37 heavy (non-hydrogen) atoms. The summed E-state index contributed by atoms with van der Waals surface area (Å²) < 4.78 is 70.9. The van der Waals surface area contributed by atoms with Gasteiger partial charge in [0.2, 0.25) is 0 Å². The van der Waals surface area contributed by atoms with Crippen molar-refractivity contribution in [1.29, 1.82) is 0 Å². The molecule has 1 atom stereocenters. The van der Waals surface area contributed by atoms with Gasteiger partial charge >= 0.3 is 6.36 Å². The number of alkyl halides is 3. The van der Waals surface area contributed by atoms with Gasteiger partial charge in [0.15, 0.2) is 5.60 Å². The van der Waals surface area contributed by atoms with Gasteiger partial charge in [0.25, 0.3) is 5.91 Å². The number of ether oxygens (including phenoxy) is 1. The second-order valence-corrected chi connectivity index (χ2v) is 9.07. The van der Waals surface area contributed by atoms with E-state index >= 15 is 0 Å². The van der Waals surface area contributed by atoms with Crippen LogP contribution in [0.15, 0.2) is 55.1 Å². The summed E-state index contributed by atoms with van der Waals surface area (Å²) in [4.78, 5) is 17.0. The van der Waals surface area contributed by atoms with Gasteiger partial charge in [-0.25, -0.2) is 23.0 Å². The van der Waals surface area contributed by atoms with Gasteiger partial charge in [0.1, 0.15) is 49.7 Å². The van der Waals surface area contributed by atoms with Gasteiger partial charge in [-0.3, -0.25) is 4.79 Å². The number of rotatable bonds is 8. The fourth-order valence-electron chi connectivity index (χ4n) is 4.69. The van der Waals surface area contributed by atoms with Crippen LogP contribution in [0.25, 0.3) is 0 Å². The number of nitrogens with zero attached hydrogens (tertiary/aromatic N) is 4. The summed E-state index contributed by atoms with van der Waals surface area (Å²) in [7, 11) is 0. The summed E-state index contributed by atoms with van der Waals surface area (Å²) in [6.45, 7) is 0.401. The Morgan fingerprint density at radius 1 is 1.08 bits per heavy atom. The Morgan fingerprint density at radius 3 is 2.38 bits per heavy atom. The monoisotopic (exact) mass is 526 g/mol. The first-order chi connectivity index (χ1) is 17.5. The highest BCUT2D eigenvalue weighted by Crippen LogP contribution is 2.32. The Kier molecular flexibility index (Phi) is 7.46. The molecule has 3 aromatic rings. The predicted molar refractivity (Wildman–Crippen MR) is 120 cm³/mol. The van der Waals surface area contributed by atoms with Crippen molar-refractivity contribution in [1.82, 2.24) is 20.2 Å². The van der Waals surface area contributed by atoms with Crippen molar-refractivity contribution in [2.24, 2.45) is 0 Å². The van der Waals surface area contributed by atoms with Crippen LogP contribution >= 0.6 is 0 Å². The van der Waals surface area contributed by atoms with Crippen LogP contribution in [0.4, 0.5) is 22.0 Å². The van der Waals surface area contributed by atoms with Crippen LogP contribution in [-0.2, 0) is 12.1 Å². The number of nitrogens with one attached hydrogen (secondary N) is 1. The molecular formula is C24H25F5N5O3+. The average molecular weight is 526 g/mol. The molecule has 1 saturated heterocycles. The topological polar surface area (TPSA) is 89.3 Å². The number of amides is 1. The van der Waals surface area contributed by atoms with Gasteiger partial charge in [-0.1, -0.05) is 0 Å². The van der Waals surface area contributed by atoms with E-state index in [1.807, 2.05) is 0 Å². The maximum atomic E-state index is 14.9. The Balaban J connectivity index is 1.63. The molecule has 0 bridgehead atoms. The molecular weight excluding hydrogens is 501 g/mol. The summed E-state index contributed by atoms with van der Waals surface area (Å²) in [5.74, 6) is -2.83. The van der Waals surface area contributed by atoms with Crippen molar-refractivity contribution in [2.45, 2.75) is 37.8 Å². The van der Waals surface area contributed by atoms with Crippen LogP contribution in [0.1, 0.15) is 35.2 Å². The number of likely N-dealkylation sites (tertiary alicyclic amines) is 1. The van der Waals surface area contributed by atoms with Crippen molar-refractivity contribution >= 4 is 5.91 Å². The molecule has 1 aliphatic rings. The number of quaternary nitrogens is 1. The zero-order valence-electron chi connectivity index (χ0n) is 19.6. The van der Waals surface area contributed by atoms with Crippen LogP contribution in [0, 0.1) is 11.6 Å². The smallest absolute Gasteiger partial charge is 0.406 e. The minimum Gasteiger partial charge on any atom is -0.406 e. The maximum absolute atomic E-state index is 14.9. The lowest BCUT2D eigenvalue weighted by Gasteiger charge is -2.45. The highest BCUT2D eigenvalue weighted by molar-refractivity contribution is 5.93. The zero-order valence-corrected chi connectivity index (χ0v) is 19.6. The third-order valence-electron chi connectivity index (χ3n) is 6.25. The first-order valence-electron chi connectivity index (χ1n) is 11.5. The van der Waals surface area contributed by atoms with Crippen LogP contribution in [0.2, 0.25) is 0 Å². The first kappa shape index (κ1) is 26.5. The average Bonchev–Trinajstić information content (AvgIpc) is 3.31. The molecule has 0 saturated carbocycles. The Bertz CT molecular complexity index is 1210. The SMILES string of the molecule is O=C(N[N+]1(CC(O)(Cn2cncn2)c2ccc(F)cc2F)CCCCC1)c1ccc(OC(F)(F)F)cc1. The van der Waals surface area contributed by atoms with E-state index in [2.05, 4.69) is 20.2 Å². The lowest BCUT2D eigenvalue weighted by atomic mass is 9.91. The van der Waals surface area contributed by atoms with Gasteiger partial charge in [-0.05, 0) is 55.7 Å². The van der Waals surface area contributed by atoms with Crippen LogP contribution < -0.4 is 10.2 Å². The molecule has 2 aromatic carbocycles. The summed E-state index contributed by atoms with van der Waals surface area (Å²) >= 11 is 0. The summed E-state index contributed by atoms with van der Waals surface area (Å²) in [5, 5.41) is 15.8. The number of benzene rings is 2. The van der Waals surface area contributed by atoms with E-state index in [1.165, 1.54) is 29.5 Å². The molecule has 198 valence electrons. The first-order valence-corrected chi connectivity index (χ1v) is 11.5. The van der Waals surface area contributed by atoms with Crippen LogP contribution in [0.3, 0.4) is 0 Å². The van der Waals surface area contributed by atoms with Gasteiger partial charge < -0.3 is 9.84 Å². The molecule has 13 heteroatoms. The number of halogens is 5. The Hall–Kier alpha value is -3.58. The molecule has 0 aliphatic carbocycles. The van der Waals surface area contributed by atoms with E-state index in [0.717, 1.165) is 30.7 Å². The molecule has 1 aliphatic heterocycles. The van der Waals surface area contributed by atoms with Gasteiger partial charge in [-0.2, -0.15) is 10.5 Å². The van der Waals surface area contributed by atoms with E-state index in [9.17, 15) is 31.9 Å². The van der Waals surface area contributed by atoms with Crippen molar-refractivity contribution in [2.75, 3.05) is 19.6 Å². The normalized spacial score (nSPS) is 17.1. The summed E-state index contributed by atoms with van der Waals surface area (Å²) in [5.41, 5.74) is 0.859. The summed E-state index contributed by atoms with van der Waals surface area (Å²) in [6.07, 6.45) is 0.00730. The lowest BCUT2D eigenvalue weighted by Crippen LogP contribution is -2.67. The number of carbonyl (C=O) groups is 1. The number of carbonyl (C=O) groups excluding carboxylic acids is 1. The van der Waals surface area contributed by atoms with E-state index < -0.39 is 35.3 Å². The molecule has 1 fully saturated rings. The molecule has 4 rings (SSSR count). The fraction of sp³-hybridized carbons (Fsp3) is 0.375. The lowest BCUT2D eigenvalue weighted by molar-refractivity contribution is -0.971. The van der Waals surface area contributed by atoms with E-state index in [-0.39, 0.29) is 28.8 Å². The number of aromatic nitrogens is 3. The zero-order chi connectivity index (χ0) is 26.7. The maximum Gasteiger partial charge on any atom is 0.573 e. The number of piperidine rings is 1. The van der Waals surface area contributed by atoms with E-state index in [4.69, 9.17) is 0 Å². The predicted octanol–water partition coefficient (Wildman–Crippen LogP) is 3.69. The van der Waals surface area contributed by atoms with Gasteiger partial charge in [0, 0.05) is 17.2 Å². The van der Waals surface area contributed by atoms with Crippen LogP contribution in [-0.4, -0.2) is 56.4 Å². The Morgan fingerprint density at radius 2 is 1.78 bits per heavy atom. The second-order valence-electron chi connectivity index (χ2n) is 9.07. The highest BCUT2D eigenvalue weighted by Gasteiger charge is 2.45. The van der Waals surface area contributed by atoms with Gasteiger partial charge in [-0.15, -0.1) is 13.2 Å². The third-order valence-corrected chi connectivity index (χ3v) is 6.25. The molecule has 8 nitrogen and oxygen atoms in total. The number of hydrogen-bond acceptors (Lipinski definition) is 5. The molecule has 1 amide bonds. The molecule has 0 radical (unpaired) electrons. The van der Waals surface area contributed by atoms with Crippen LogP contribution in [0.5, 0.6) is 5.75 Å². The van der Waals surface area contributed by atoms with E-state index in [1.54, 1.807) is 0 Å². The minimum absolute atomic E-state index is 0.0744. The third kappa shape index (κ3) is 6.60. The standard InChI is InChI=1S/C24H24F5N5O3/c25-18-6-9-20(21(26)12-18)23(36,13-33-16-30-15-31-33)14-34(10-2-1-3-11-34)32-22(35)17-4-7-19(8-5-17)37-24(27,28)29/h4-9,12,15-16,36H,1-3,10-11,13-14H2/p+1.